The van der Waals surface area contributed by atoms with E-state index in [0.717, 1.165) is 11.1 Å². The fourth-order valence-corrected chi connectivity index (χ4v) is 3.02. The van der Waals surface area contributed by atoms with Gasteiger partial charge in [-0.15, -0.1) is 0 Å². The molecule has 1 fully saturated rings. The number of ketones is 1. The summed E-state index contributed by atoms with van der Waals surface area (Å²) in [7, 11) is 0. The van der Waals surface area contributed by atoms with Crippen molar-refractivity contribution in [2.24, 2.45) is 5.92 Å². The average Bonchev–Trinajstić information content (AvgIpc) is 3.17. The second kappa shape index (κ2) is 8.43. The van der Waals surface area contributed by atoms with Crippen LogP contribution < -0.4 is 0 Å². The van der Waals surface area contributed by atoms with Crippen LogP contribution in [0.2, 0.25) is 0 Å². The molecule has 0 saturated carbocycles. The number of hydrogen-bond acceptors (Lipinski definition) is 4. The van der Waals surface area contributed by atoms with Crippen molar-refractivity contribution >= 4 is 17.7 Å². The number of ether oxygens (including phenoxy) is 1. The lowest BCUT2D eigenvalue weighted by atomic mass is 10.1. The molecule has 2 aromatic carbocycles. The maximum Gasteiger partial charge on any atom is 0.311 e. The fraction of sp³-hybridized carbons (Fsp3) is 0.286. The number of carbonyl (C=O) groups is 3. The molecule has 1 amide bonds. The molecule has 1 aliphatic rings. The van der Waals surface area contributed by atoms with Crippen molar-refractivity contribution in [2.75, 3.05) is 13.1 Å². The summed E-state index contributed by atoms with van der Waals surface area (Å²) in [4.78, 5) is 38.2. The second-order valence-electron chi connectivity index (χ2n) is 6.42. The highest BCUT2D eigenvalue weighted by Gasteiger charge is 2.34. The van der Waals surface area contributed by atoms with Crippen LogP contribution >= 0.6 is 0 Å². The van der Waals surface area contributed by atoms with Crippen molar-refractivity contribution in [3.8, 4) is 0 Å². The van der Waals surface area contributed by atoms with E-state index in [2.05, 4.69) is 0 Å². The Bertz CT molecular complexity index is 773. The van der Waals surface area contributed by atoms with Crippen LogP contribution in [0.25, 0.3) is 0 Å². The van der Waals surface area contributed by atoms with Crippen molar-refractivity contribution in [1.82, 2.24) is 4.90 Å². The Morgan fingerprint density at radius 2 is 1.54 bits per heavy atom. The molecule has 0 N–H and O–H groups in total. The molecule has 2 aromatic rings. The third-order valence-electron chi connectivity index (χ3n) is 4.48. The number of amides is 1. The average molecular weight is 351 g/mol. The van der Waals surface area contributed by atoms with E-state index < -0.39 is 11.7 Å². The Labute approximate surface area is 152 Å². The number of rotatable bonds is 6. The van der Waals surface area contributed by atoms with Gasteiger partial charge in [0.05, 0.1) is 5.92 Å². The highest BCUT2D eigenvalue weighted by atomic mass is 16.5. The molecule has 5 nitrogen and oxygen atoms in total. The first-order valence-corrected chi connectivity index (χ1v) is 8.70. The normalized spacial score (nSPS) is 16.3. The highest BCUT2D eigenvalue weighted by molar-refractivity contribution is 6.36. The molecule has 0 spiro atoms. The topological polar surface area (TPSA) is 63.7 Å². The van der Waals surface area contributed by atoms with E-state index in [-0.39, 0.29) is 31.5 Å². The summed E-state index contributed by atoms with van der Waals surface area (Å²) in [5, 5.41) is 0. The molecule has 1 unspecified atom stereocenters. The fourth-order valence-electron chi connectivity index (χ4n) is 3.02. The van der Waals surface area contributed by atoms with Crippen LogP contribution in [0.1, 0.15) is 17.5 Å². The van der Waals surface area contributed by atoms with Crippen molar-refractivity contribution in [3.63, 3.8) is 0 Å². The Hall–Kier alpha value is -2.95. The van der Waals surface area contributed by atoms with Gasteiger partial charge in [-0.3, -0.25) is 14.4 Å². The van der Waals surface area contributed by atoms with Crippen LogP contribution in [0, 0.1) is 5.92 Å². The summed E-state index contributed by atoms with van der Waals surface area (Å²) in [6.07, 6.45) is 0.608. The van der Waals surface area contributed by atoms with Gasteiger partial charge in [0.25, 0.3) is 5.91 Å². The van der Waals surface area contributed by atoms with Crippen LogP contribution in [0.15, 0.2) is 60.7 Å². The van der Waals surface area contributed by atoms with Gasteiger partial charge in [0, 0.05) is 19.5 Å². The summed E-state index contributed by atoms with van der Waals surface area (Å²) in [6, 6.07) is 18.6. The highest BCUT2D eigenvalue weighted by Crippen LogP contribution is 2.19. The minimum absolute atomic E-state index is 0.0826. The van der Waals surface area contributed by atoms with Crippen molar-refractivity contribution in [1.29, 1.82) is 0 Å². The van der Waals surface area contributed by atoms with E-state index in [9.17, 15) is 14.4 Å². The van der Waals surface area contributed by atoms with E-state index in [1.54, 1.807) is 0 Å². The lowest BCUT2D eigenvalue weighted by molar-refractivity contribution is -0.150. The quantitative estimate of drug-likeness (QED) is 0.592. The molecule has 1 saturated heterocycles. The largest absolute Gasteiger partial charge is 0.461 e. The minimum Gasteiger partial charge on any atom is -0.461 e. The van der Waals surface area contributed by atoms with Gasteiger partial charge in [0.1, 0.15) is 6.61 Å². The van der Waals surface area contributed by atoms with E-state index in [4.69, 9.17) is 4.74 Å². The van der Waals surface area contributed by atoms with Crippen molar-refractivity contribution < 1.29 is 19.1 Å². The number of carbonyl (C=O) groups excluding carboxylic acids is 3. The minimum atomic E-state index is -0.521. The molecule has 3 rings (SSSR count). The number of Topliss-reactive ketones (excluding diaryl/α,β-unsaturated/α-hetero) is 1. The zero-order valence-corrected chi connectivity index (χ0v) is 14.5. The third kappa shape index (κ3) is 4.57. The molecule has 134 valence electrons. The summed E-state index contributed by atoms with van der Waals surface area (Å²) in [6.45, 7) is 0.870. The van der Waals surface area contributed by atoms with E-state index in [0.29, 0.717) is 13.0 Å². The summed E-state index contributed by atoms with van der Waals surface area (Å²) in [5.74, 6) is -1.66. The number of esters is 1. The molecule has 0 bridgehead atoms. The standard InChI is InChI=1S/C21H21NO4/c23-19(13-16-7-3-1-4-8-16)20(24)22-12-11-18(14-22)21(25)26-15-17-9-5-2-6-10-17/h1-10,18H,11-15H2. The predicted molar refractivity (Wildman–Crippen MR) is 96.1 cm³/mol. The lowest BCUT2D eigenvalue weighted by Crippen LogP contribution is -2.36. The first-order valence-electron chi connectivity index (χ1n) is 8.70. The second-order valence-corrected chi connectivity index (χ2v) is 6.42. The zero-order valence-electron chi connectivity index (χ0n) is 14.5. The van der Waals surface area contributed by atoms with Gasteiger partial charge >= 0.3 is 5.97 Å². The first-order chi connectivity index (χ1) is 12.6. The maximum absolute atomic E-state index is 12.3. The van der Waals surface area contributed by atoms with Crippen LogP contribution in [-0.2, 0) is 32.1 Å². The SMILES string of the molecule is O=C(Cc1ccccc1)C(=O)N1CCC(C(=O)OCc2ccccc2)C1. The number of hydrogen-bond donors (Lipinski definition) is 0. The van der Waals surface area contributed by atoms with Gasteiger partial charge in [-0.1, -0.05) is 60.7 Å². The van der Waals surface area contributed by atoms with Gasteiger partial charge in [-0.05, 0) is 17.5 Å². The van der Waals surface area contributed by atoms with E-state index in [1.807, 2.05) is 60.7 Å². The Balaban J connectivity index is 1.48. The molecule has 26 heavy (non-hydrogen) atoms. The molecular weight excluding hydrogens is 330 g/mol. The van der Waals surface area contributed by atoms with Gasteiger partial charge in [-0.2, -0.15) is 0 Å². The summed E-state index contributed by atoms with van der Waals surface area (Å²) in [5.41, 5.74) is 1.73. The van der Waals surface area contributed by atoms with Crippen molar-refractivity contribution in [2.45, 2.75) is 19.4 Å². The molecule has 0 aromatic heterocycles. The van der Waals surface area contributed by atoms with E-state index in [1.165, 1.54) is 4.90 Å². The predicted octanol–water partition coefficient (Wildman–Crippen LogP) is 2.39. The van der Waals surface area contributed by atoms with Crippen LogP contribution in [-0.4, -0.2) is 35.6 Å². The smallest absolute Gasteiger partial charge is 0.311 e. The number of nitrogens with zero attached hydrogens (tertiary/aromatic N) is 1. The Kier molecular flexibility index (Phi) is 5.79. The lowest BCUT2D eigenvalue weighted by Gasteiger charge is -2.15. The Morgan fingerprint density at radius 1 is 0.923 bits per heavy atom. The molecule has 1 atom stereocenters. The monoisotopic (exact) mass is 351 g/mol. The van der Waals surface area contributed by atoms with Gasteiger partial charge < -0.3 is 9.64 Å². The zero-order chi connectivity index (χ0) is 18.4. The molecule has 0 aliphatic carbocycles. The van der Waals surface area contributed by atoms with Gasteiger partial charge in [-0.25, -0.2) is 0 Å². The maximum atomic E-state index is 12.3. The summed E-state index contributed by atoms with van der Waals surface area (Å²) >= 11 is 0. The van der Waals surface area contributed by atoms with Crippen LogP contribution in [0.3, 0.4) is 0 Å². The van der Waals surface area contributed by atoms with Crippen LogP contribution in [0.5, 0.6) is 0 Å². The number of likely N-dealkylation sites (tertiary alicyclic amines) is 1. The van der Waals surface area contributed by atoms with Gasteiger partial charge in [0.15, 0.2) is 0 Å². The third-order valence-corrected chi connectivity index (χ3v) is 4.48. The van der Waals surface area contributed by atoms with E-state index >= 15 is 0 Å². The molecule has 0 radical (unpaired) electrons. The van der Waals surface area contributed by atoms with Gasteiger partial charge in [0.2, 0.25) is 5.78 Å². The van der Waals surface area contributed by atoms with Crippen LogP contribution in [0.4, 0.5) is 0 Å². The summed E-state index contributed by atoms with van der Waals surface area (Å²) < 4.78 is 5.33. The molecule has 5 heteroatoms. The first kappa shape index (κ1) is 17.9. The molecule has 1 heterocycles. The van der Waals surface area contributed by atoms with Crippen molar-refractivity contribution in [3.05, 3.63) is 71.8 Å². The Morgan fingerprint density at radius 3 is 2.19 bits per heavy atom. The molecule has 1 aliphatic heterocycles. The molecular formula is C21H21NO4. The number of benzene rings is 2.